The van der Waals surface area contributed by atoms with Gasteiger partial charge >= 0.3 is 0 Å². The molecule has 0 aliphatic carbocycles. The Kier molecular flexibility index (Phi) is 2.59. The number of hydrogen-bond acceptors (Lipinski definition) is 4. The lowest BCUT2D eigenvalue weighted by atomic mass is 10.4. The van der Waals surface area contributed by atoms with E-state index in [0.29, 0.717) is 11.6 Å². The highest BCUT2D eigenvalue weighted by atomic mass is 127. The van der Waals surface area contributed by atoms with Crippen molar-refractivity contribution in [3.8, 4) is 11.6 Å². The first-order valence-electron chi connectivity index (χ1n) is 4.37. The van der Waals surface area contributed by atoms with Gasteiger partial charge in [0.15, 0.2) is 11.6 Å². The van der Waals surface area contributed by atoms with Crippen LogP contribution < -0.4 is 5.73 Å². The molecule has 0 saturated heterocycles. The average Bonchev–Trinajstić information content (AvgIpc) is 2.60. The summed E-state index contributed by atoms with van der Waals surface area (Å²) in [5, 5.41) is 0. The number of anilines is 1. The van der Waals surface area contributed by atoms with E-state index >= 15 is 0 Å². The second-order valence-electron chi connectivity index (χ2n) is 3.19. The number of nitrogens with zero attached hydrogens (tertiary/aromatic N) is 4. The Labute approximate surface area is 101 Å². The third-order valence-corrected chi connectivity index (χ3v) is 3.40. The molecular weight excluding hydrogens is 305 g/mol. The van der Waals surface area contributed by atoms with Gasteiger partial charge in [0.2, 0.25) is 0 Å². The molecule has 0 amide bonds. The lowest BCUT2D eigenvalue weighted by Gasteiger charge is -2.05. The van der Waals surface area contributed by atoms with Crippen LogP contribution in [0.1, 0.15) is 5.69 Å². The Morgan fingerprint density at radius 3 is 2.67 bits per heavy atom. The van der Waals surface area contributed by atoms with Crippen LogP contribution >= 0.6 is 22.6 Å². The first-order chi connectivity index (χ1) is 7.09. The zero-order chi connectivity index (χ0) is 11.0. The summed E-state index contributed by atoms with van der Waals surface area (Å²) >= 11 is 2.13. The fraction of sp³-hybridized carbons (Fsp3) is 0.222. The Bertz CT molecular complexity index is 482. The first kappa shape index (κ1) is 10.3. The number of imidazole rings is 1. The highest BCUT2D eigenvalue weighted by Crippen LogP contribution is 2.19. The van der Waals surface area contributed by atoms with E-state index in [4.69, 9.17) is 5.73 Å². The summed E-state index contributed by atoms with van der Waals surface area (Å²) in [6, 6.07) is 0. The second kappa shape index (κ2) is 3.76. The van der Waals surface area contributed by atoms with E-state index in [9.17, 15) is 0 Å². The number of nitrogen functional groups attached to an aromatic ring is 1. The van der Waals surface area contributed by atoms with E-state index in [-0.39, 0.29) is 0 Å². The Hall–Kier alpha value is -1.18. The van der Waals surface area contributed by atoms with Crippen LogP contribution in [0, 0.1) is 10.5 Å². The van der Waals surface area contributed by atoms with Crippen LogP contribution in [-0.4, -0.2) is 19.5 Å². The second-order valence-corrected chi connectivity index (χ2v) is 4.27. The average molecular weight is 315 g/mol. The molecule has 2 aromatic rings. The Morgan fingerprint density at radius 1 is 1.40 bits per heavy atom. The summed E-state index contributed by atoms with van der Waals surface area (Å²) in [6.07, 6.45) is 3.56. The van der Waals surface area contributed by atoms with Gasteiger partial charge in [0.25, 0.3) is 0 Å². The summed E-state index contributed by atoms with van der Waals surface area (Å²) in [5.41, 5.74) is 6.66. The molecule has 0 saturated carbocycles. The van der Waals surface area contributed by atoms with Crippen LogP contribution in [0.25, 0.3) is 11.6 Å². The molecule has 0 fully saturated rings. The first-order valence-corrected chi connectivity index (χ1v) is 5.44. The lowest BCUT2D eigenvalue weighted by Crippen LogP contribution is -2.04. The van der Waals surface area contributed by atoms with Gasteiger partial charge < -0.3 is 10.3 Å². The summed E-state index contributed by atoms with van der Waals surface area (Å²) in [6.45, 7) is 1.91. The number of aromatic nitrogens is 4. The van der Waals surface area contributed by atoms with Crippen LogP contribution in [0.4, 0.5) is 5.82 Å². The van der Waals surface area contributed by atoms with Gasteiger partial charge in [-0.3, -0.25) is 0 Å². The summed E-state index contributed by atoms with van der Waals surface area (Å²) in [5.74, 6) is 1.79. The van der Waals surface area contributed by atoms with Crippen molar-refractivity contribution in [2.45, 2.75) is 6.92 Å². The van der Waals surface area contributed by atoms with Crippen LogP contribution in [0.3, 0.4) is 0 Å². The molecule has 78 valence electrons. The monoisotopic (exact) mass is 315 g/mol. The minimum absolute atomic E-state index is 0.501. The maximum Gasteiger partial charge on any atom is 0.198 e. The van der Waals surface area contributed by atoms with Gasteiger partial charge in [-0.2, -0.15) is 0 Å². The summed E-state index contributed by atoms with van der Waals surface area (Å²) in [7, 11) is 1.90. The van der Waals surface area contributed by atoms with Crippen molar-refractivity contribution in [2.24, 2.45) is 7.05 Å². The number of halogens is 1. The summed E-state index contributed by atoms with van der Waals surface area (Å²) in [4.78, 5) is 12.7. The van der Waals surface area contributed by atoms with Gasteiger partial charge in [-0.1, -0.05) is 0 Å². The number of nitrogens with two attached hydrogens (primary N) is 1. The molecule has 0 aliphatic heterocycles. The predicted molar refractivity (Wildman–Crippen MR) is 66.1 cm³/mol. The van der Waals surface area contributed by atoms with Crippen molar-refractivity contribution >= 4 is 28.4 Å². The van der Waals surface area contributed by atoms with Crippen LogP contribution in [-0.2, 0) is 7.05 Å². The van der Waals surface area contributed by atoms with E-state index in [2.05, 4.69) is 37.5 Å². The Morgan fingerprint density at radius 2 is 2.13 bits per heavy atom. The standard InChI is InChI=1S/C9H10IN5/c1-5-6(10)7(11)14-8(13-5)9-12-3-4-15(9)2/h3-4H,1-2H3,(H2,11,13,14). The van der Waals surface area contributed by atoms with Crippen molar-refractivity contribution in [1.29, 1.82) is 0 Å². The third kappa shape index (κ3) is 1.81. The molecule has 6 heteroatoms. The molecule has 2 heterocycles. The van der Waals surface area contributed by atoms with Crippen molar-refractivity contribution in [3.63, 3.8) is 0 Å². The molecule has 0 aliphatic rings. The fourth-order valence-corrected chi connectivity index (χ4v) is 1.50. The fourth-order valence-electron chi connectivity index (χ4n) is 1.26. The molecule has 0 spiro atoms. The molecule has 0 aromatic carbocycles. The summed E-state index contributed by atoms with van der Waals surface area (Å²) < 4.78 is 2.76. The van der Waals surface area contributed by atoms with Crippen molar-refractivity contribution in [1.82, 2.24) is 19.5 Å². The zero-order valence-electron chi connectivity index (χ0n) is 8.40. The molecule has 0 radical (unpaired) electrons. The van der Waals surface area contributed by atoms with E-state index in [1.807, 2.05) is 24.7 Å². The van der Waals surface area contributed by atoms with E-state index in [1.165, 1.54) is 0 Å². The van der Waals surface area contributed by atoms with Crippen molar-refractivity contribution < 1.29 is 0 Å². The van der Waals surface area contributed by atoms with Gasteiger partial charge in [0, 0.05) is 19.4 Å². The van der Waals surface area contributed by atoms with E-state index in [1.54, 1.807) is 6.20 Å². The normalized spacial score (nSPS) is 10.6. The van der Waals surface area contributed by atoms with Crippen LogP contribution in [0.2, 0.25) is 0 Å². The number of hydrogen-bond donors (Lipinski definition) is 1. The third-order valence-electron chi connectivity index (χ3n) is 2.06. The molecule has 0 atom stereocenters. The molecule has 15 heavy (non-hydrogen) atoms. The zero-order valence-corrected chi connectivity index (χ0v) is 10.6. The molecule has 2 aromatic heterocycles. The Balaban J connectivity index is 2.60. The lowest BCUT2D eigenvalue weighted by molar-refractivity contribution is 0.902. The highest BCUT2D eigenvalue weighted by Gasteiger charge is 2.11. The topological polar surface area (TPSA) is 69.6 Å². The van der Waals surface area contributed by atoms with E-state index < -0.39 is 0 Å². The molecule has 2 rings (SSSR count). The molecule has 2 N–H and O–H groups in total. The highest BCUT2D eigenvalue weighted by molar-refractivity contribution is 14.1. The van der Waals surface area contributed by atoms with Gasteiger partial charge in [0.1, 0.15) is 5.82 Å². The molecule has 0 unspecified atom stereocenters. The molecule has 0 bridgehead atoms. The largest absolute Gasteiger partial charge is 0.383 e. The smallest absolute Gasteiger partial charge is 0.198 e. The predicted octanol–water partition coefficient (Wildman–Crippen LogP) is 1.37. The maximum atomic E-state index is 5.78. The maximum absolute atomic E-state index is 5.78. The quantitative estimate of drug-likeness (QED) is 0.807. The van der Waals surface area contributed by atoms with Crippen molar-refractivity contribution in [3.05, 3.63) is 21.7 Å². The van der Waals surface area contributed by atoms with Gasteiger partial charge in [-0.15, -0.1) is 0 Å². The van der Waals surface area contributed by atoms with Crippen LogP contribution in [0.15, 0.2) is 12.4 Å². The van der Waals surface area contributed by atoms with Gasteiger partial charge in [0.05, 0.1) is 9.26 Å². The molecular formula is C9H10IN5. The molecule has 5 nitrogen and oxygen atoms in total. The van der Waals surface area contributed by atoms with Crippen LogP contribution in [0.5, 0.6) is 0 Å². The van der Waals surface area contributed by atoms with Crippen molar-refractivity contribution in [2.75, 3.05) is 5.73 Å². The SMILES string of the molecule is Cc1nc(-c2nccn2C)nc(N)c1I. The number of aryl methyl sites for hydroxylation is 2. The number of rotatable bonds is 1. The van der Waals surface area contributed by atoms with E-state index in [0.717, 1.165) is 15.1 Å². The van der Waals surface area contributed by atoms with Gasteiger partial charge in [-0.05, 0) is 29.5 Å². The minimum atomic E-state index is 0.501. The minimum Gasteiger partial charge on any atom is -0.383 e. The van der Waals surface area contributed by atoms with Gasteiger partial charge in [-0.25, -0.2) is 15.0 Å².